The van der Waals surface area contributed by atoms with E-state index in [1.807, 2.05) is 48.5 Å². The lowest BCUT2D eigenvalue weighted by Gasteiger charge is -2.14. The van der Waals surface area contributed by atoms with Crippen LogP contribution in [0.25, 0.3) is 22.2 Å². The lowest BCUT2D eigenvalue weighted by atomic mass is 9.94. The van der Waals surface area contributed by atoms with Crippen LogP contribution in [0.5, 0.6) is 0 Å². The van der Waals surface area contributed by atoms with E-state index in [9.17, 15) is 0 Å². The Morgan fingerprint density at radius 3 is 2.76 bits per heavy atom. The Morgan fingerprint density at radius 1 is 1.14 bits per heavy atom. The van der Waals surface area contributed by atoms with Gasteiger partial charge in [0.25, 0.3) is 0 Å². The van der Waals surface area contributed by atoms with Crippen LogP contribution in [-0.4, -0.2) is 5.16 Å². The van der Waals surface area contributed by atoms with E-state index < -0.39 is 0 Å². The molecule has 1 aromatic heterocycles. The average Bonchev–Trinajstić information content (AvgIpc) is 2.96. The first-order valence-corrected chi connectivity index (χ1v) is 7.11. The molecule has 0 aliphatic heterocycles. The topological polar surface area (TPSA) is 52.0 Å². The van der Waals surface area contributed by atoms with Gasteiger partial charge >= 0.3 is 0 Å². The van der Waals surface area contributed by atoms with E-state index in [1.165, 1.54) is 0 Å². The van der Waals surface area contributed by atoms with Crippen LogP contribution in [0.1, 0.15) is 24.4 Å². The number of allylic oxidation sites excluding steroid dienone is 1. The Labute approximate surface area is 124 Å². The van der Waals surface area contributed by atoms with Gasteiger partial charge in [-0.3, -0.25) is 0 Å². The predicted molar refractivity (Wildman–Crippen MR) is 85.8 cm³/mol. The predicted octanol–water partition coefficient (Wildman–Crippen LogP) is 4.46. The van der Waals surface area contributed by atoms with Crippen LogP contribution < -0.4 is 5.73 Å². The average molecular weight is 278 g/mol. The number of nitrogens with zero attached hydrogens (tertiary/aromatic N) is 1. The van der Waals surface area contributed by atoms with E-state index in [0.717, 1.165) is 40.6 Å². The minimum absolute atomic E-state index is 0.0327. The van der Waals surface area contributed by atoms with Crippen molar-refractivity contribution < 1.29 is 4.52 Å². The molecule has 0 aliphatic carbocycles. The van der Waals surface area contributed by atoms with E-state index in [1.54, 1.807) is 0 Å². The Balaban J connectivity index is 2.08. The summed E-state index contributed by atoms with van der Waals surface area (Å²) < 4.78 is 5.41. The summed E-state index contributed by atoms with van der Waals surface area (Å²) in [7, 11) is 0. The zero-order valence-electron chi connectivity index (χ0n) is 11.8. The SMILES string of the molecule is C=CCCC(N)c1ccccc1-c1noc2ccccc12. The van der Waals surface area contributed by atoms with Crippen molar-refractivity contribution in [3.8, 4) is 11.3 Å². The van der Waals surface area contributed by atoms with Gasteiger partial charge in [0.2, 0.25) is 0 Å². The fourth-order valence-corrected chi connectivity index (χ4v) is 2.57. The molecule has 0 spiro atoms. The summed E-state index contributed by atoms with van der Waals surface area (Å²) in [6.45, 7) is 3.76. The molecular formula is C18H18N2O. The molecule has 0 saturated carbocycles. The summed E-state index contributed by atoms with van der Waals surface area (Å²) in [5.41, 5.74) is 10.1. The molecule has 0 radical (unpaired) electrons. The molecule has 0 saturated heterocycles. The number of fused-ring (bicyclic) bond motifs is 1. The van der Waals surface area contributed by atoms with Gasteiger partial charge < -0.3 is 10.3 Å². The fraction of sp³-hybridized carbons (Fsp3) is 0.167. The first-order valence-electron chi connectivity index (χ1n) is 7.11. The van der Waals surface area contributed by atoms with Crippen LogP contribution in [0.2, 0.25) is 0 Å². The van der Waals surface area contributed by atoms with Crippen LogP contribution in [0.4, 0.5) is 0 Å². The van der Waals surface area contributed by atoms with Gasteiger partial charge in [-0.25, -0.2) is 0 Å². The van der Waals surface area contributed by atoms with Gasteiger partial charge in [0.05, 0.1) is 0 Å². The van der Waals surface area contributed by atoms with Crippen LogP contribution in [0.15, 0.2) is 65.7 Å². The summed E-state index contributed by atoms with van der Waals surface area (Å²) in [5, 5.41) is 5.25. The molecule has 3 heteroatoms. The highest BCUT2D eigenvalue weighted by atomic mass is 16.5. The molecular weight excluding hydrogens is 260 g/mol. The molecule has 1 atom stereocenters. The molecule has 106 valence electrons. The number of aromatic nitrogens is 1. The second kappa shape index (κ2) is 5.94. The number of para-hydroxylation sites is 1. The highest BCUT2D eigenvalue weighted by Gasteiger charge is 2.16. The van der Waals surface area contributed by atoms with Crippen LogP contribution in [0.3, 0.4) is 0 Å². The number of hydrogen-bond acceptors (Lipinski definition) is 3. The van der Waals surface area contributed by atoms with Gasteiger partial charge in [0.1, 0.15) is 5.69 Å². The maximum absolute atomic E-state index is 6.33. The molecule has 2 N–H and O–H groups in total. The lowest BCUT2D eigenvalue weighted by Crippen LogP contribution is -2.11. The van der Waals surface area contributed by atoms with E-state index in [2.05, 4.69) is 17.8 Å². The Morgan fingerprint density at radius 2 is 1.90 bits per heavy atom. The zero-order chi connectivity index (χ0) is 14.7. The van der Waals surface area contributed by atoms with Crippen molar-refractivity contribution in [2.75, 3.05) is 0 Å². The largest absolute Gasteiger partial charge is 0.356 e. The molecule has 2 aromatic carbocycles. The first-order chi connectivity index (χ1) is 10.3. The monoisotopic (exact) mass is 278 g/mol. The van der Waals surface area contributed by atoms with Crippen molar-refractivity contribution in [2.24, 2.45) is 5.73 Å². The third-order valence-electron chi connectivity index (χ3n) is 3.67. The van der Waals surface area contributed by atoms with Crippen molar-refractivity contribution in [2.45, 2.75) is 18.9 Å². The highest BCUT2D eigenvalue weighted by Crippen LogP contribution is 2.33. The van der Waals surface area contributed by atoms with Crippen LogP contribution >= 0.6 is 0 Å². The van der Waals surface area contributed by atoms with Crippen molar-refractivity contribution in [3.05, 3.63) is 66.7 Å². The third-order valence-corrected chi connectivity index (χ3v) is 3.67. The standard InChI is InChI=1S/C18H18N2O/c1-2-3-11-16(19)13-8-4-5-9-14(13)18-15-10-6-7-12-17(15)21-20-18/h2,4-10,12,16H,1,3,11,19H2. The van der Waals surface area contributed by atoms with Gasteiger partial charge in [-0.1, -0.05) is 47.6 Å². The third kappa shape index (κ3) is 2.60. The van der Waals surface area contributed by atoms with Gasteiger partial charge in [0.15, 0.2) is 5.58 Å². The lowest BCUT2D eigenvalue weighted by molar-refractivity contribution is 0.459. The summed E-state index contributed by atoms with van der Waals surface area (Å²) in [5.74, 6) is 0. The molecule has 0 bridgehead atoms. The highest BCUT2D eigenvalue weighted by molar-refractivity contribution is 5.92. The summed E-state index contributed by atoms with van der Waals surface area (Å²) in [6, 6.07) is 16.0. The second-order valence-corrected chi connectivity index (χ2v) is 5.09. The first kappa shape index (κ1) is 13.6. The summed E-state index contributed by atoms with van der Waals surface area (Å²) in [4.78, 5) is 0. The minimum Gasteiger partial charge on any atom is -0.356 e. The quantitative estimate of drug-likeness (QED) is 0.701. The van der Waals surface area contributed by atoms with E-state index in [4.69, 9.17) is 10.3 Å². The van der Waals surface area contributed by atoms with Crippen molar-refractivity contribution in [1.82, 2.24) is 5.16 Å². The Kier molecular flexibility index (Phi) is 3.84. The van der Waals surface area contributed by atoms with Gasteiger partial charge in [-0.2, -0.15) is 0 Å². The smallest absolute Gasteiger partial charge is 0.167 e. The minimum atomic E-state index is -0.0327. The molecule has 3 nitrogen and oxygen atoms in total. The molecule has 21 heavy (non-hydrogen) atoms. The van der Waals surface area contributed by atoms with Crippen molar-refractivity contribution in [1.29, 1.82) is 0 Å². The van der Waals surface area contributed by atoms with E-state index in [0.29, 0.717) is 0 Å². The van der Waals surface area contributed by atoms with Gasteiger partial charge in [-0.05, 0) is 30.5 Å². The Hall–Kier alpha value is -2.39. The van der Waals surface area contributed by atoms with Gasteiger partial charge in [-0.15, -0.1) is 6.58 Å². The normalized spacial score (nSPS) is 12.4. The van der Waals surface area contributed by atoms with Gasteiger partial charge in [0, 0.05) is 17.0 Å². The second-order valence-electron chi connectivity index (χ2n) is 5.09. The molecule has 0 fully saturated rings. The molecule has 0 aliphatic rings. The molecule has 0 amide bonds. The molecule has 3 rings (SSSR count). The van der Waals surface area contributed by atoms with Crippen molar-refractivity contribution in [3.63, 3.8) is 0 Å². The van der Waals surface area contributed by atoms with Crippen LogP contribution in [-0.2, 0) is 0 Å². The molecule has 1 unspecified atom stereocenters. The molecule has 3 aromatic rings. The summed E-state index contributed by atoms with van der Waals surface area (Å²) in [6.07, 6.45) is 3.67. The number of nitrogens with two attached hydrogens (primary N) is 1. The zero-order valence-corrected chi connectivity index (χ0v) is 11.8. The van der Waals surface area contributed by atoms with Crippen LogP contribution in [0, 0.1) is 0 Å². The fourth-order valence-electron chi connectivity index (χ4n) is 2.57. The maximum Gasteiger partial charge on any atom is 0.167 e. The maximum atomic E-state index is 6.33. The van der Waals surface area contributed by atoms with E-state index >= 15 is 0 Å². The molecule has 1 heterocycles. The number of hydrogen-bond donors (Lipinski definition) is 1. The van der Waals surface area contributed by atoms with Crippen molar-refractivity contribution >= 4 is 11.0 Å². The number of rotatable bonds is 5. The number of benzene rings is 2. The summed E-state index contributed by atoms with van der Waals surface area (Å²) >= 11 is 0. The van der Waals surface area contributed by atoms with E-state index in [-0.39, 0.29) is 6.04 Å². The Bertz CT molecular complexity index is 761.